The third-order valence-electron chi connectivity index (χ3n) is 2.70. The molecule has 1 aromatic heterocycles. The number of aromatic nitrogens is 1. The summed E-state index contributed by atoms with van der Waals surface area (Å²) < 4.78 is 7.88. The van der Waals surface area contributed by atoms with E-state index in [0.29, 0.717) is 16.1 Å². The number of fused-ring (bicyclic) bond motifs is 1. The maximum absolute atomic E-state index is 11.4. The van der Waals surface area contributed by atoms with E-state index in [1.165, 1.54) is 8.15 Å². The van der Waals surface area contributed by atoms with Gasteiger partial charge in [0.15, 0.2) is 0 Å². The molecule has 0 aliphatic rings. The van der Waals surface area contributed by atoms with Crippen LogP contribution in [0.25, 0.3) is 11.1 Å². The predicted molar refractivity (Wildman–Crippen MR) is 69.4 cm³/mol. The zero-order chi connectivity index (χ0) is 12.1. The molecular weight excluding hydrogens is 332 g/mol. The van der Waals surface area contributed by atoms with Crippen molar-refractivity contribution in [2.75, 3.05) is 0 Å². The number of nitrogens with zero attached hydrogens (tertiary/aromatic N) is 1. The molecule has 2 rings (SSSR count). The van der Waals surface area contributed by atoms with Gasteiger partial charge in [0.25, 0.3) is 0 Å². The molecule has 0 saturated carbocycles. The van der Waals surface area contributed by atoms with E-state index in [4.69, 9.17) is 16.0 Å². The molecule has 16 heavy (non-hydrogen) atoms. The number of hydrogen-bond donors (Lipinski definition) is 0. The van der Waals surface area contributed by atoms with Gasteiger partial charge in [-0.05, 0) is 0 Å². The van der Waals surface area contributed by atoms with E-state index in [0.717, 1.165) is 0 Å². The summed E-state index contributed by atoms with van der Waals surface area (Å²) in [5.74, 6) is -0.363. The second-order valence-electron chi connectivity index (χ2n) is 4.98. The number of benzene rings is 1. The van der Waals surface area contributed by atoms with Crippen LogP contribution in [-0.4, -0.2) is 22.9 Å². The van der Waals surface area contributed by atoms with Crippen LogP contribution in [0.3, 0.4) is 0 Å². The number of aryl methyl sites for hydroxylation is 1. The molecule has 1 heterocycles. The number of halogens is 1. The third kappa shape index (κ3) is 1.91. The molecule has 86 valence electrons. The molecule has 0 radical (unpaired) electrons. The van der Waals surface area contributed by atoms with Crippen LogP contribution in [0.5, 0.6) is 0 Å². The molecule has 1 aromatic carbocycles. The molecule has 5 heteroatoms. The molecule has 0 N–H and O–H groups in total. The standard InChI is InChI=1S/C8H5ClNO2.3CH3.Sn/c1-10-7-5(9)3-2-4-6(7)12-8(10)11;;;;/h3-4H,1H3;3*1H3;. The average Bonchev–Trinajstić information content (AvgIpc) is 2.41. The summed E-state index contributed by atoms with van der Waals surface area (Å²) in [4.78, 5) is 18.3. The molecule has 0 spiro atoms. The Labute approximate surface area is 103 Å². The summed E-state index contributed by atoms with van der Waals surface area (Å²) in [6, 6.07) is 3.95. The maximum atomic E-state index is 11.4. The SMILES string of the molecule is Cn1c(=O)oc2c[c]([Sn]([CH3])([CH3])[CH3])cc(Cl)c21. The van der Waals surface area contributed by atoms with E-state index in [-0.39, 0.29) is 5.76 Å². The molecule has 0 aliphatic carbocycles. The van der Waals surface area contributed by atoms with Crippen molar-refractivity contribution in [3.63, 3.8) is 0 Å². The van der Waals surface area contributed by atoms with Gasteiger partial charge in [-0.2, -0.15) is 0 Å². The number of oxazole rings is 1. The Bertz CT molecular complexity index is 607. The predicted octanol–water partition coefficient (Wildman–Crippen LogP) is 2.33. The first kappa shape index (κ1) is 12.0. The summed E-state index contributed by atoms with van der Waals surface area (Å²) >= 11 is 4.03. The monoisotopic (exact) mass is 347 g/mol. The third-order valence-corrected chi connectivity index (χ3v) is 8.76. The van der Waals surface area contributed by atoms with Crippen molar-refractivity contribution < 1.29 is 4.42 Å². The first-order chi connectivity index (χ1) is 7.30. The molecule has 0 aliphatic heterocycles. The van der Waals surface area contributed by atoms with E-state index >= 15 is 0 Å². The summed E-state index contributed by atoms with van der Waals surface area (Å²) in [5.41, 5.74) is 1.28. The molecular formula is C11H14ClNO2Sn. The van der Waals surface area contributed by atoms with E-state index in [1.54, 1.807) is 7.05 Å². The summed E-state index contributed by atoms with van der Waals surface area (Å²) in [6.45, 7) is 0. The molecule has 0 amide bonds. The van der Waals surface area contributed by atoms with Crippen molar-refractivity contribution >= 4 is 44.7 Å². The number of hydrogen-bond acceptors (Lipinski definition) is 2. The number of rotatable bonds is 1. The van der Waals surface area contributed by atoms with Crippen molar-refractivity contribution in [2.24, 2.45) is 7.05 Å². The minimum atomic E-state index is -2.18. The van der Waals surface area contributed by atoms with E-state index in [2.05, 4.69) is 14.8 Å². The van der Waals surface area contributed by atoms with Crippen LogP contribution in [0.4, 0.5) is 0 Å². The Morgan fingerprint density at radius 2 is 1.94 bits per heavy atom. The fourth-order valence-corrected chi connectivity index (χ4v) is 5.52. The van der Waals surface area contributed by atoms with Crippen LogP contribution in [0.1, 0.15) is 0 Å². The van der Waals surface area contributed by atoms with E-state index in [9.17, 15) is 4.79 Å². The average molecular weight is 346 g/mol. The zero-order valence-electron chi connectivity index (χ0n) is 9.80. The van der Waals surface area contributed by atoms with Gasteiger partial charge < -0.3 is 0 Å². The van der Waals surface area contributed by atoms with Gasteiger partial charge in [-0.15, -0.1) is 0 Å². The normalized spacial score (nSPS) is 12.3. The van der Waals surface area contributed by atoms with Crippen LogP contribution in [0, 0.1) is 0 Å². The van der Waals surface area contributed by atoms with E-state index in [1.807, 2.05) is 12.1 Å². The van der Waals surface area contributed by atoms with Gasteiger partial charge in [0, 0.05) is 0 Å². The minimum absolute atomic E-state index is 0.363. The Morgan fingerprint density at radius 3 is 2.50 bits per heavy atom. The fraction of sp³-hybridized carbons (Fsp3) is 0.364. The molecule has 3 nitrogen and oxygen atoms in total. The van der Waals surface area contributed by atoms with Crippen LogP contribution in [0.15, 0.2) is 21.3 Å². The quantitative estimate of drug-likeness (QED) is 0.743. The van der Waals surface area contributed by atoms with E-state index < -0.39 is 18.4 Å². The van der Waals surface area contributed by atoms with Crippen molar-refractivity contribution in [3.8, 4) is 0 Å². The van der Waals surface area contributed by atoms with Gasteiger partial charge in [-0.25, -0.2) is 0 Å². The molecule has 2 aromatic rings. The van der Waals surface area contributed by atoms with Gasteiger partial charge >= 0.3 is 103 Å². The fourth-order valence-electron chi connectivity index (χ4n) is 1.66. The summed E-state index contributed by atoms with van der Waals surface area (Å²) in [5, 5.41) is 0.604. The summed E-state index contributed by atoms with van der Waals surface area (Å²) in [6.07, 6.45) is 0. The first-order valence-corrected chi connectivity index (χ1v) is 15.5. The molecule has 0 fully saturated rings. The zero-order valence-corrected chi connectivity index (χ0v) is 13.4. The molecule has 0 saturated heterocycles. The van der Waals surface area contributed by atoms with Crippen molar-refractivity contribution in [3.05, 3.63) is 27.7 Å². The second-order valence-corrected chi connectivity index (χ2v) is 19.9. The molecule has 0 atom stereocenters. The Kier molecular flexibility index (Phi) is 2.86. The first-order valence-electron chi connectivity index (χ1n) is 5.10. The Hall–Kier alpha value is -0.421. The Balaban J connectivity index is 2.84. The van der Waals surface area contributed by atoms with Gasteiger partial charge in [-0.3, -0.25) is 0 Å². The van der Waals surface area contributed by atoms with Gasteiger partial charge in [0.1, 0.15) is 0 Å². The molecule has 0 bridgehead atoms. The second kappa shape index (κ2) is 3.81. The van der Waals surface area contributed by atoms with Crippen LogP contribution in [-0.2, 0) is 7.05 Å². The summed E-state index contributed by atoms with van der Waals surface area (Å²) in [7, 11) is 1.67. The Morgan fingerprint density at radius 1 is 1.31 bits per heavy atom. The van der Waals surface area contributed by atoms with Crippen LogP contribution in [0.2, 0.25) is 19.8 Å². The molecule has 0 unspecified atom stereocenters. The van der Waals surface area contributed by atoms with Crippen molar-refractivity contribution in [1.82, 2.24) is 4.57 Å². The van der Waals surface area contributed by atoms with Crippen LogP contribution >= 0.6 is 11.6 Å². The topological polar surface area (TPSA) is 35.1 Å². The van der Waals surface area contributed by atoms with Crippen molar-refractivity contribution in [2.45, 2.75) is 14.8 Å². The van der Waals surface area contributed by atoms with Gasteiger partial charge in [-0.1, -0.05) is 0 Å². The van der Waals surface area contributed by atoms with Crippen molar-refractivity contribution in [1.29, 1.82) is 0 Å². The van der Waals surface area contributed by atoms with Gasteiger partial charge in [0.2, 0.25) is 0 Å². The van der Waals surface area contributed by atoms with Gasteiger partial charge in [0.05, 0.1) is 0 Å². The van der Waals surface area contributed by atoms with Crippen LogP contribution < -0.4 is 9.34 Å².